The number of nitrogens with zero attached hydrogens (tertiary/aromatic N) is 3. The quantitative estimate of drug-likeness (QED) is 0.313. The number of halogens is 4. The topological polar surface area (TPSA) is 94.6 Å². The van der Waals surface area contributed by atoms with Gasteiger partial charge in [-0.3, -0.25) is 19.7 Å². The van der Waals surface area contributed by atoms with Gasteiger partial charge in [0.15, 0.2) is 0 Å². The van der Waals surface area contributed by atoms with Gasteiger partial charge in [-0.2, -0.15) is 13.2 Å². The van der Waals surface area contributed by atoms with Crippen LogP contribution in [0.25, 0.3) is 11.1 Å². The molecule has 2 N–H and O–H groups in total. The Balaban J connectivity index is 1.04. The van der Waals surface area contributed by atoms with E-state index in [1.54, 1.807) is 17.0 Å². The van der Waals surface area contributed by atoms with Crippen molar-refractivity contribution in [3.05, 3.63) is 82.8 Å². The van der Waals surface area contributed by atoms with Crippen LogP contribution in [-0.2, 0) is 28.9 Å². The highest BCUT2D eigenvalue weighted by molar-refractivity contribution is 6.09. The Morgan fingerprint density at radius 1 is 1.00 bits per heavy atom. The highest BCUT2D eigenvalue weighted by atomic mass is 19.4. The van der Waals surface area contributed by atoms with Crippen LogP contribution >= 0.6 is 0 Å². The first-order valence-corrected chi connectivity index (χ1v) is 14.1. The summed E-state index contributed by atoms with van der Waals surface area (Å²) < 4.78 is 55.7. The van der Waals surface area contributed by atoms with E-state index < -0.39 is 29.5 Å². The zero-order valence-corrected chi connectivity index (χ0v) is 23.1. The van der Waals surface area contributed by atoms with Gasteiger partial charge in [-0.1, -0.05) is 24.3 Å². The smallest absolute Gasteiger partial charge is 0.356 e. The number of benzene rings is 2. The molecule has 3 aromatic rings. The van der Waals surface area contributed by atoms with E-state index in [9.17, 15) is 31.9 Å². The summed E-state index contributed by atoms with van der Waals surface area (Å²) in [4.78, 5) is 43.7. The lowest BCUT2D eigenvalue weighted by Gasteiger charge is -2.34. The van der Waals surface area contributed by atoms with Crippen molar-refractivity contribution in [3.8, 4) is 11.1 Å². The largest absolute Gasteiger partial charge is 0.419 e. The number of hydrogen-bond acceptors (Lipinski definition) is 6. The minimum atomic E-state index is -4.61. The molecule has 0 bridgehead atoms. The van der Waals surface area contributed by atoms with Gasteiger partial charge in [0.05, 0.1) is 12.0 Å². The number of aromatic nitrogens is 1. The number of nitrogens with one attached hydrogen (secondary N) is 2. The molecule has 3 aliphatic heterocycles. The van der Waals surface area contributed by atoms with Crippen molar-refractivity contribution in [1.29, 1.82) is 0 Å². The van der Waals surface area contributed by atoms with Crippen LogP contribution in [0.5, 0.6) is 0 Å². The van der Waals surface area contributed by atoms with Crippen LogP contribution in [0.2, 0.25) is 0 Å². The van der Waals surface area contributed by atoms with Crippen LogP contribution < -0.4 is 15.5 Å². The SMILES string of the molecule is O=C1C[C@@H](N2Cc3cc(CNCC4CCN(c5ncc(-c6cccc(F)c6)cc5C(F)(F)F)CC4)ccc3C2=O)C(=O)N1. The maximum absolute atomic E-state index is 14.0. The lowest BCUT2D eigenvalue weighted by atomic mass is 9.96. The van der Waals surface area contributed by atoms with Gasteiger partial charge in [0.2, 0.25) is 11.8 Å². The average Bonchev–Trinajstić information content (AvgIpc) is 3.49. The van der Waals surface area contributed by atoms with Crippen molar-refractivity contribution >= 4 is 23.5 Å². The Hall–Kier alpha value is -4.32. The summed E-state index contributed by atoms with van der Waals surface area (Å²) in [5.74, 6) is -1.47. The number of amides is 3. The molecule has 0 unspecified atom stereocenters. The fraction of sp³-hybridized carbons (Fsp3) is 0.355. The zero-order chi connectivity index (χ0) is 30.3. The lowest BCUT2D eigenvalue weighted by Crippen LogP contribution is -2.40. The standard InChI is InChI=1S/C31H29F4N5O3/c32-23-3-1-2-20(11-23)21-12-25(31(33,34)35)28(37-16-21)39-8-6-18(7-9-39)14-36-15-19-4-5-24-22(10-19)17-40(30(24)43)26-13-27(41)38-29(26)42/h1-5,10-12,16,18,26,36H,6-9,13-15,17H2,(H,38,41,42)/t26-/m1/s1. The van der Waals surface area contributed by atoms with E-state index in [0.29, 0.717) is 50.1 Å². The van der Waals surface area contributed by atoms with E-state index in [0.717, 1.165) is 17.2 Å². The van der Waals surface area contributed by atoms with Gasteiger partial charge in [-0.25, -0.2) is 9.37 Å². The van der Waals surface area contributed by atoms with Crippen LogP contribution in [0.15, 0.2) is 54.7 Å². The molecule has 3 amide bonds. The molecule has 1 aromatic heterocycles. The van der Waals surface area contributed by atoms with Crippen LogP contribution in [-0.4, -0.2) is 53.3 Å². The Bertz CT molecular complexity index is 1590. The zero-order valence-electron chi connectivity index (χ0n) is 23.1. The van der Waals surface area contributed by atoms with Crippen LogP contribution in [0, 0.1) is 11.7 Å². The summed E-state index contributed by atoms with van der Waals surface area (Å²) in [6.45, 7) is 2.35. The minimum absolute atomic E-state index is 0.0282. The van der Waals surface area contributed by atoms with E-state index in [-0.39, 0.29) is 42.1 Å². The molecule has 1 atom stereocenters. The first-order valence-electron chi connectivity index (χ1n) is 14.1. The number of fused-ring (bicyclic) bond motifs is 1. The maximum Gasteiger partial charge on any atom is 0.419 e. The maximum atomic E-state index is 14.0. The van der Waals surface area contributed by atoms with Crippen LogP contribution in [0.3, 0.4) is 0 Å². The van der Waals surface area contributed by atoms with E-state index in [1.807, 2.05) is 12.1 Å². The monoisotopic (exact) mass is 595 g/mol. The first-order chi connectivity index (χ1) is 20.6. The van der Waals surface area contributed by atoms with Gasteiger partial charge in [-0.05, 0) is 66.3 Å². The summed E-state index contributed by atoms with van der Waals surface area (Å²) in [7, 11) is 0. The normalized spacial score (nSPS) is 19.3. The summed E-state index contributed by atoms with van der Waals surface area (Å²) in [5, 5.41) is 5.66. The number of anilines is 1. The predicted octanol–water partition coefficient (Wildman–Crippen LogP) is 4.28. The predicted molar refractivity (Wildman–Crippen MR) is 149 cm³/mol. The lowest BCUT2D eigenvalue weighted by molar-refractivity contribution is -0.137. The molecule has 4 heterocycles. The number of alkyl halides is 3. The second-order valence-corrected chi connectivity index (χ2v) is 11.2. The highest BCUT2D eigenvalue weighted by Gasteiger charge is 2.41. The van der Waals surface area contributed by atoms with Crippen molar-refractivity contribution in [2.75, 3.05) is 24.5 Å². The average molecular weight is 596 g/mol. The Kier molecular flexibility index (Phi) is 7.63. The summed E-state index contributed by atoms with van der Waals surface area (Å²) in [6, 6.07) is 11.2. The Labute approximate surface area is 245 Å². The van der Waals surface area contributed by atoms with E-state index in [4.69, 9.17) is 0 Å². The number of pyridine rings is 1. The minimum Gasteiger partial charge on any atom is -0.356 e. The van der Waals surface area contributed by atoms with Crippen molar-refractivity contribution < 1.29 is 31.9 Å². The molecule has 0 aliphatic carbocycles. The third-order valence-corrected chi connectivity index (χ3v) is 8.33. The van der Waals surface area contributed by atoms with E-state index >= 15 is 0 Å². The molecule has 2 fully saturated rings. The van der Waals surface area contributed by atoms with E-state index in [1.165, 1.54) is 29.3 Å². The number of hydrogen-bond donors (Lipinski definition) is 2. The fourth-order valence-corrected chi connectivity index (χ4v) is 6.06. The number of carbonyl (C=O) groups is 3. The van der Waals surface area contributed by atoms with Crippen LogP contribution in [0.1, 0.15) is 46.3 Å². The van der Waals surface area contributed by atoms with Gasteiger partial charge in [-0.15, -0.1) is 0 Å². The fourth-order valence-electron chi connectivity index (χ4n) is 6.06. The third kappa shape index (κ3) is 5.96. The molecular weight excluding hydrogens is 566 g/mol. The molecule has 0 spiro atoms. The van der Waals surface area contributed by atoms with Gasteiger partial charge in [0.25, 0.3) is 5.91 Å². The van der Waals surface area contributed by atoms with Gasteiger partial charge < -0.3 is 15.1 Å². The number of rotatable bonds is 7. The highest BCUT2D eigenvalue weighted by Crippen LogP contribution is 2.39. The summed E-state index contributed by atoms with van der Waals surface area (Å²) in [5.41, 5.74) is 2.01. The number of carbonyl (C=O) groups excluding carboxylic acids is 3. The molecule has 0 saturated carbocycles. The molecule has 43 heavy (non-hydrogen) atoms. The Morgan fingerprint density at radius 3 is 2.49 bits per heavy atom. The Morgan fingerprint density at radius 2 is 1.79 bits per heavy atom. The van der Waals surface area contributed by atoms with Gasteiger partial charge >= 0.3 is 6.18 Å². The second kappa shape index (κ2) is 11.4. The van der Waals surface area contributed by atoms with E-state index in [2.05, 4.69) is 15.6 Å². The van der Waals surface area contributed by atoms with Crippen molar-refractivity contribution in [3.63, 3.8) is 0 Å². The molecule has 2 aromatic carbocycles. The second-order valence-electron chi connectivity index (χ2n) is 11.2. The van der Waals surface area contributed by atoms with Crippen molar-refractivity contribution in [2.24, 2.45) is 5.92 Å². The summed E-state index contributed by atoms with van der Waals surface area (Å²) in [6.07, 6.45) is -1.90. The van der Waals surface area contributed by atoms with Crippen LogP contribution in [0.4, 0.5) is 23.4 Å². The molecular formula is C31H29F4N5O3. The molecule has 8 nitrogen and oxygen atoms in total. The molecule has 0 radical (unpaired) electrons. The molecule has 6 rings (SSSR count). The van der Waals surface area contributed by atoms with Crippen molar-refractivity contribution in [1.82, 2.24) is 20.5 Å². The number of imide groups is 1. The molecule has 3 aliphatic rings. The summed E-state index contributed by atoms with van der Waals surface area (Å²) >= 11 is 0. The van der Waals surface area contributed by atoms with Gasteiger partial charge in [0, 0.05) is 43.5 Å². The number of piperidine rings is 1. The molecule has 2 saturated heterocycles. The molecule has 12 heteroatoms. The van der Waals surface area contributed by atoms with Crippen molar-refractivity contribution in [2.45, 2.75) is 44.6 Å². The van der Waals surface area contributed by atoms with Gasteiger partial charge in [0.1, 0.15) is 17.7 Å². The first kappa shape index (κ1) is 28.8. The third-order valence-electron chi connectivity index (χ3n) is 8.33. The molecule has 224 valence electrons.